The first-order chi connectivity index (χ1) is 6.42. The van der Waals surface area contributed by atoms with Gasteiger partial charge in [-0.2, -0.15) is 13.2 Å². The fourth-order valence-corrected chi connectivity index (χ4v) is 1.21. The molecule has 14 heavy (non-hydrogen) atoms. The topological polar surface area (TPSA) is 33.1 Å². The second-order valence-electron chi connectivity index (χ2n) is 3.46. The molecule has 0 saturated heterocycles. The van der Waals surface area contributed by atoms with Crippen LogP contribution in [0.2, 0.25) is 0 Å². The van der Waals surface area contributed by atoms with Gasteiger partial charge in [-0.1, -0.05) is 0 Å². The minimum absolute atomic E-state index is 0.325. The summed E-state index contributed by atoms with van der Waals surface area (Å²) in [5.41, 5.74) is -1.43. The van der Waals surface area contributed by atoms with Crippen LogP contribution in [-0.4, -0.2) is 10.1 Å². The Morgan fingerprint density at radius 2 is 1.93 bits per heavy atom. The minimum Gasteiger partial charge on any atom is -0.384 e. The van der Waals surface area contributed by atoms with E-state index in [1.165, 1.54) is 6.07 Å². The molecule has 1 aromatic rings. The molecular formula is C9H8F3NO. The molecule has 0 bridgehead atoms. The van der Waals surface area contributed by atoms with Gasteiger partial charge in [0, 0.05) is 6.20 Å². The molecule has 1 aliphatic carbocycles. The van der Waals surface area contributed by atoms with Crippen molar-refractivity contribution in [3.63, 3.8) is 0 Å². The van der Waals surface area contributed by atoms with Crippen molar-refractivity contribution in [3.05, 3.63) is 29.6 Å². The molecule has 0 aliphatic heterocycles. The van der Waals surface area contributed by atoms with E-state index in [0.717, 1.165) is 12.3 Å². The normalized spacial score (nSPS) is 19.4. The van der Waals surface area contributed by atoms with Crippen molar-refractivity contribution in [3.8, 4) is 0 Å². The third-order valence-corrected chi connectivity index (χ3v) is 2.29. The summed E-state index contributed by atoms with van der Waals surface area (Å²) in [6.45, 7) is 0. The van der Waals surface area contributed by atoms with E-state index in [1.807, 2.05) is 0 Å². The van der Waals surface area contributed by atoms with Crippen molar-refractivity contribution < 1.29 is 18.3 Å². The molecule has 0 radical (unpaired) electrons. The highest BCUT2D eigenvalue weighted by Crippen LogP contribution is 2.44. The van der Waals surface area contributed by atoms with Gasteiger partial charge in [-0.3, -0.25) is 4.98 Å². The number of aromatic nitrogens is 1. The van der Waals surface area contributed by atoms with Crippen LogP contribution in [0.4, 0.5) is 13.2 Å². The molecule has 1 aliphatic rings. The summed E-state index contributed by atoms with van der Waals surface area (Å²) in [6, 6.07) is 2.18. The van der Waals surface area contributed by atoms with Gasteiger partial charge in [0.2, 0.25) is 0 Å². The Morgan fingerprint density at radius 1 is 1.29 bits per heavy atom. The third kappa shape index (κ3) is 1.59. The van der Waals surface area contributed by atoms with Gasteiger partial charge in [-0.05, 0) is 25.0 Å². The highest BCUT2D eigenvalue weighted by molar-refractivity contribution is 5.24. The summed E-state index contributed by atoms with van der Waals surface area (Å²) in [5.74, 6) is 0. The van der Waals surface area contributed by atoms with Gasteiger partial charge in [-0.25, -0.2) is 0 Å². The highest BCUT2D eigenvalue weighted by atomic mass is 19.4. The van der Waals surface area contributed by atoms with Gasteiger partial charge < -0.3 is 5.11 Å². The van der Waals surface area contributed by atoms with Gasteiger partial charge in [-0.15, -0.1) is 0 Å². The van der Waals surface area contributed by atoms with Crippen LogP contribution in [0, 0.1) is 0 Å². The first kappa shape index (κ1) is 9.45. The number of nitrogens with zero attached hydrogens (tertiary/aromatic N) is 1. The van der Waals surface area contributed by atoms with E-state index < -0.39 is 17.3 Å². The van der Waals surface area contributed by atoms with Gasteiger partial charge in [0.05, 0.1) is 11.3 Å². The number of rotatable bonds is 1. The summed E-state index contributed by atoms with van der Waals surface area (Å²) in [4.78, 5) is 3.61. The highest BCUT2D eigenvalue weighted by Gasteiger charge is 2.44. The van der Waals surface area contributed by atoms with Crippen LogP contribution in [0.3, 0.4) is 0 Å². The molecule has 1 N–H and O–H groups in total. The van der Waals surface area contributed by atoms with E-state index in [9.17, 15) is 18.3 Å². The van der Waals surface area contributed by atoms with Crippen molar-refractivity contribution in [1.82, 2.24) is 4.98 Å². The zero-order valence-corrected chi connectivity index (χ0v) is 7.17. The number of hydrogen-bond acceptors (Lipinski definition) is 2. The summed E-state index contributed by atoms with van der Waals surface area (Å²) < 4.78 is 36.4. The fourth-order valence-electron chi connectivity index (χ4n) is 1.21. The van der Waals surface area contributed by atoms with E-state index in [2.05, 4.69) is 4.98 Å². The largest absolute Gasteiger partial charge is 0.417 e. The number of halogens is 3. The van der Waals surface area contributed by atoms with Gasteiger partial charge in [0.1, 0.15) is 5.60 Å². The number of alkyl halides is 3. The van der Waals surface area contributed by atoms with E-state index in [4.69, 9.17) is 0 Å². The number of hydrogen-bond donors (Lipinski definition) is 1. The molecule has 5 heteroatoms. The Bertz CT molecular complexity index is 316. The molecule has 1 aromatic heterocycles. The monoisotopic (exact) mass is 203 g/mol. The van der Waals surface area contributed by atoms with Crippen LogP contribution in [0.25, 0.3) is 0 Å². The lowest BCUT2D eigenvalue weighted by atomic mass is 10.2. The van der Waals surface area contributed by atoms with Gasteiger partial charge in [0.15, 0.2) is 0 Å². The minimum atomic E-state index is -4.36. The second-order valence-corrected chi connectivity index (χ2v) is 3.46. The Balaban J connectivity index is 2.27. The summed E-state index contributed by atoms with van der Waals surface area (Å²) in [7, 11) is 0. The van der Waals surface area contributed by atoms with E-state index in [1.54, 1.807) is 0 Å². The SMILES string of the molecule is OC1(c2ccc(C(F)(F)F)cn2)CC1. The lowest BCUT2D eigenvalue weighted by Crippen LogP contribution is -2.10. The van der Waals surface area contributed by atoms with Crippen molar-refractivity contribution in [2.75, 3.05) is 0 Å². The van der Waals surface area contributed by atoms with Crippen molar-refractivity contribution in [2.45, 2.75) is 24.6 Å². The molecule has 0 aromatic carbocycles. The fraction of sp³-hybridized carbons (Fsp3) is 0.444. The first-order valence-electron chi connectivity index (χ1n) is 4.18. The van der Waals surface area contributed by atoms with Crippen molar-refractivity contribution >= 4 is 0 Å². The maximum atomic E-state index is 12.1. The third-order valence-electron chi connectivity index (χ3n) is 2.29. The predicted molar refractivity (Wildman–Crippen MR) is 42.4 cm³/mol. The van der Waals surface area contributed by atoms with Crippen LogP contribution in [0.1, 0.15) is 24.1 Å². The Morgan fingerprint density at radius 3 is 2.29 bits per heavy atom. The predicted octanol–water partition coefficient (Wildman–Crippen LogP) is 2.08. The number of aliphatic hydroxyl groups is 1. The molecule has 1 fully saturated rings. The molecule has 1 heterocycles. The van der Waals surface area contributed by atoms with Gasteiger partial charge >= 0.3 is 6.18 Å². The Labute approximate surface area is 78.4 Å². The molecule has 0 unspecified atom stereocenters. The molecule has 0 spiro atoms. The van der Waals surface area contributed by atoms with E-state index in [0.29, 0.717) is 18.5 Å². The molecule has 76 valence electrons. The quantitative estimate of drug-likeness (QED) is 0.758. The lowest BCUT2D eigenvalue weighted by Gasteiger charge is -2.09. The molecule has 1 saturated carbocycles. The van der Waals surface area contributed by atoms with E-state index >= 15 is 0 Å². The molecule has 2 rings (SSSR count). The first-order valence-corrected chi connectivity index (χ1v) is 4.18. The Hall–Kier alpha value is -1.10. The number of pyridine rings is 1. The van der Waals surface area contributed by atoms with Crippen LogP contribution in [0.5, 0.6) is 0 Å². The van der Waals surface area contributed by atoms with Gasteiger partial charge in [0.25, 0.3) is 0 Å². The van der Waals surface area contributed by atoms with Crippen molar-refractivity contribution in [1.29, 1.82) is 0 Å². The molecular weight excluding hydrogens is 195 g/mol. The average Bonchev–Trinajstić information content (AvgIpc) is 2.84. The van der Waals surface area contributed by atoms with Crippen molar-refractivity contribution in [2.24, 2.45) is 0 Å². The maximum Gasteiger partial charge on any atom is 0.417 e. The Kier molecular flexibility index (Phi) is 1.82. The van der Waals surface area contributed by atoms with Crippen LogP contribution in [0.15, 0.2) is 18.3 Å². The van der Waals surface area contributed by atoms with E-state index in [-0.39, 0.29) is 0 Å². The lowest BCUT2D eigenvalue weighted by molar-refractivity contribution is -0.137. The summed E-state index contributed by atoms with van der Waals surface area (Å²) >= 11 is 0. The molecule has 0 amide bonds. The zero-order valence-electron chi connectivity index (χ0n) is 7.17. The summed E-state index contributed by atoms with van der Waals surface area (Å²) in [6.07, 6.45) is -2.46. The van der Waals surface area contributed by atoms with Crippen LogP contribution in [-0.2, 0) is 11.8 Å². The average molecular weight is 203 g/mol. The van der Waals surface area contributed by atoms with Crippen LogP contribution >= 0.6 is 0 Å². The maximum absolute atomic E-state index is 12.1. The summed E-state index contributed by atoms with van der Waals surface area (Å²) in [5, 5.41) is 9.55. The molecule has 0 atom stereocenters. The van der Waals surface area contributed by atoms with Crippen LogP contribution < -0.4 is 0 Å². The molecule has 2 nitrogen and oxygen atoms in total. The smallest absolute Gasteiger partial charge is 0.384 e. The second kappa shape index (κ2) is 2.70. The zero-order chi connectivity index (χ0) is 10.4. The standard InChI is InChI=1S/C9H8F3NO/c10-9(11,12)6-1-2-7(13-5-6)8(14)3-4-8/h1-2,5,14H,3-4H2.